The highest BCUT2D eigenvalue weighted by molar-refractivity contribution is 6.68. The Balaban J connectivity index is 2.94. The van der Waals surface area contributed by atoms with Gasteiger partial charge in [0, 0.05) is 0 Å². The molecule has 0 aliphatic heterocycles. The molecule has 0 bridgehead atoms. The lowest BCUT2D eigenvalue weighted by molar-refractivity contribution is -0.110. The van der Waals surface area contributed by atoms with Gasteiger partial charge in [0.25, 0.3) is 5.91 Å². The molecule has 0 unspecified atom stereocenters. The third kappa shape index (κ3) is 2.97. The number of oxime groups is 2. The molecule has 0 saturated heterocycles. The van der Waals surface area contributed by atoms with E-state index in [9.17, 15) is 4.79 Å². The minimum Gasteiger partial charge on any atom is -0.495 e. The Hall–Kier alpha value is -2.57. The predicted molar refractivity (Wildman–Crippen MR) is 65.7 cm³/mol. The lowest BCUT2D eigenvalue weighted by Crippen LogP contribution is -2.28. The van der Waals surface area contributed by atoms with E-state index in [1.807, 2.05) is 0 Å². The first-order chi connectivity index (χ1) is 8.63. The van der Waals surface area contributed by atoms with Crippen molar-refractivity contribution in [2.45, 2.75) is 6.92 Å². The Morgan fingerprint density at radius 3 is 2.50 bits per heavy atom. The van der Waals surface area contributed by atoms with Crippen LogP contribution in [0.25, 0.3) is 0 Å². The molecule has 7 nitrogen and oxygen atoms in total. The van der Waals surface area contributed by atoms with Crippen molar-refractivity contribution in [1.82, 2.24) is 0 Å². The molecule has 1 rings (SSSR count). The quantitative estimate of drug-likeness (QED) is 0.426. The monoisotopic (exact) mass is 251 g/mol. The molecule has 1 aromatic rings. The van der Waals surface area contributed by atoms with Crippen molar-refractivity contribution >= 4 is 23.0 Å². The number of carbonyl (C=O) groups excluding carboxylic acids is 1. The first-order valence-corrected chi connectivity index (χ1v) is 4.99. The van der Waals surface area contributed by atoms with Crippen LogP contribution in [0.2, 0.25) is 0 Å². The van der Waals surface area contributed by atoms with Crippen molar-refractivity contribution in [3.8, 4) is 5.75 Å². The van der Waals surface area contributed by atoms with Gasteiger partial charge in [-0.2, -0.15) is 0 Å². The second-order valence-corrected chi connectivity index (χ2v) is 3.29. The van der Waals surface area contributed by atoms with Gasteiger partial charge in [-0.1, -0.05) is 22.4 Å². The fourth-order valence-corrected chi connectivity index (χ4v) is 1.26. The second-order valence-electron chi connectivity index (χ2n) is 3.29. The van der Waals surface area contributed by atoms with Gasteiger partial charge in [0.15, 0.2) is 5.71 Å². The summed E-state index contributed by atoms with van der Waals surface area (Å²) < 4.78 is 5.05. The Morgan fingerprint density at radius 2 is 1.94 bits per heavy atom. The smallest absolute Gasteiger partial charge is 0.279 e. The van der Waals surface area contributed by atoms with Gasteiger partial charge in [-0.3, -0.25) is 4.79 Å². The number of anilines is 1. The van der Waals surface area contributed by atoms with Crippen LogP contribution in [0.4, 0.5) is 5.69 Å². The maximum absolute atomic E-state index is 11.8. The zero-order valence-corrected chi connectivity index (χ0v) is 9.91. The summed E-state index contributed by atoms with van der Waals surface area (Å²) in [5, 5.41) is 25.3. The summed E-state index contributed by atoms with van der Waals surface area (Å²) in [6, 6.07) is 6.74. The maximum atomic E-state index is 11.8. The van der Waals surface area contributed by atoms with Crippen molar-refractivity contribution < 1.29 is 19.9 Å². The van der Waals surface area contributed by atoms with Crippen LogP contribution in [-0.2, 0) is 4.79 Å². The Kier molecular flexibility index (Phi) is 4.67. The van der Waals surface area contributed by atoms with E-state index in [4.69, 9.17) is 15.2 Å². The molecular formula is C11H13N3O4. The van der Waals surface area contributed by atoms with E-state index < -0.39 is 5.91 Å². The minimum atomic E-state index is -0.711. The number of hydrogen-bond donors (Lipinski definition) is 3. The number of amides is 1. The molecule has 0 saturated carbocycles. The van der Waals surface area contributed by atoms with Gasteiger partial charge in [-0.15, -0.1) is 0 Å². The molecule has 96 valence electrons. The third-order valence-corrected chi connectivity index (χ3v) is 2.16. The van der Waals surface area contributed by atoms with Gasteiger partial charge in [0.05, 0.1) is 12.8 Å². The molecule has 3 N–H and O–H groups in total. The van der Waals surface area contributed by atoms with Crippen LogP contribution in [0.5, 0.6) is 5.75 Å². The number of para-hydroxylation sites is 2. The second kappa shape index (κ2) is 6.24. The van der Waals surface area contributed by atoms with E-state index >= 15 is 0 Å². The van der Waals surface area contributed by atoms with E-state index in [-0.39, 0.29) is 11.4 Å². The Morgan fingerprint density at radius 1 is 1.28 bits per heavy atom. The van der Waals surface area contributed by atoms with Gasteiger partial charge in [-0.05, 0) is 19.1 Å². The molecule has 0 aliphatic carbocycles. The predicted octanol–water partition coefficient (Wildman–Crippen LogP) is 1.31. The van der Waals surface area contributed by atoms with E-state index in [2.05, 4.69) is 15.6 Å². The summed E-state index contributed by atoms with van der Waals surface area (Å²) in [6.07, 6.45) is 0. The van der Waals surface area contributed by atoms with Gasteiger partial charge in [0.2, 0.25) is 0 Å². The van der Waals surface area contributed by atoms with Crippen LogP contribution in [-0.4, -0.2) is 34.9 Å². The largest absolute Gasteiger partial charge is 0.495 e. The average molecular weight is 251 g/mol. The number of hydrogen-bond acceptors (Lipinski definition) is 6. The van der Waals surface area contributed by atoms with Gasteiger partial charge < -0.3 is 20.5 Å². The molecule has 0 radical (unpaired) electrons. The van der Waals surface area contributed by atoms with Crippen LogP contribution in [0.15, 0.2) is 34.6 Å². The van der Waals surface area contributed by atoms with Gasteiger partial charge in [0.1, 0.15) is 11.5 Å². The molecular weight excluding hydrogens is 238 g/mol. The van der Waals surface area contributed by atoms with Crippen molar-refractivity contribution in [3.63, 3.8) is 0 Å². The lowest BCUT2D eigenvalue weighted by atomic mass is 10.2. The molecule has 1 amide bonds. The summed E-state index contributed by atoms with van der Waals surface area (Å²) in [5.41, 5.74) is -0.0785. The topological polar surface area (TPSA) is 104 Å². The zero-order chi connectivity index (χ0) is 13.5. The molecule has 7 heteroatoms. The fourth-order valence-electron chi connectivity index (χ4n) is 1.26. The normalized spacial score (nSPS) is 12.1. The number of methoxy groups -OCH3 is 1. The van der Waals surface area contributed by atoms with Crippen LogP contribution in [0, 0.1) is 0 Å². The highest BCUT2D eigenvalue weighted by atomic mass is 16.5. The zero-order valence-electron chi connectivity index (χ0n) is 9.91. The van der Waals surface area contributed by atoms with Crippen LogP contribution >= 0.6 is 0 Å². The van der Waals surface area contributed by atoms with Crippen molar-refractivity contribution in [3.05, 3.63) is 24.3 Å². The Labute approximate surface area is 103 Å². The number of rotatable bonds is 4. The van der Waals surface area contributed by atoms with Crippen LogP contribution < -0.4 is 10.1 Å². The highest BCUT2D eigenvalue weighted by Crippen LogP contribution is 2.22. The number of nitrogens with zero attached hydrogens (tertiary/aromatic N) is 2. The lowest BCUT2D eigenvalue weighted by Gasteiger charge is -2.09. The third-order valence-electron chi connectivity index (χ3n) is 2.16. The van der Waals surface area contributed by atoms with Crippen molar-refractivity contribution in [1.29, 1.82) is 0 Å². The molecule has 0 aliphatic rings. The molecule has 0 atom stereocenters. The van der Waals surface area contributed by atoms with Gasteiger partial charge in [-0.25, -0.2) is 0 Å². The first-order valence-electron chi connectivity index (χ1n) is 4.99. The number of carbonyl (C=O) groups is 1. The van der Waals surface area contributed by atoms with Gasteiger partial charge >= 0.3 is 0 Å². The standard InChI is InChI=1S/C11H13N3O4/c1-7(13-16)10(14-17)11(15)12-8-5-3-4-6-9(8)18-2/h3-6,16-17H,1-2H3,(H,12,15)/b13-7-,14-10-. The summed E-state index contributed by atoms with van der Waals surface area (Å²) >= 11 is 0. The van der Waals surface area contributed by atoms with Crippen molar-refractivity contribution in [2.24, 2.45) is 10.3 Å². The average Bonchev–Trinajstić information content (AvgIpc) is 2.39. The Bertz CT molecular complexity index is 497. The number of ether oxygens (including phenoxy) is 1. The fraction of sp³-hybridized carbons (Fsp3) is 0.182. The number of benzene rings is 1. The number of nitrogens with one attached hydrogen (secondary N) is 1. The van der Waals surface area contributed by atoms with E-state index in [0.29, 0.717) is 11.4 Å². The minimum absolute atomic E-state index is 0.107. The summed E-state index contributed by atoms with van der Waals surface area (Å²) in [6.45, 7) is 1.33. The first kappa shape index (κ1) is 13.5. The van der Waals surface area contributed by atoms with Crippen LogP contribution in [0.1, 0.15) is 6.92 Å². The van der Waals surface area contributed by atoms with E-state index in [0.717, 1.165) is 0 Å². The molecule has 0 fully saturated rings. The summed E-state index contributed by atoms with van der Waals surface area (Å²) in [5.74, 6) is -0.251. The maximum Gasteiger partial charge on any atom is 0.279 e. The molecule has 0 aromatic heterocycles. The van der Waals surface area contributed by atoms with E-state index in [1.54, 1.807) is 24.3 Å². The summed E-state index contributed by atoms with van der Waals surface area (Å²) in [7, 11) is 1.46. The summed E-state index contributed by atoms with van der Waals surface area (Å²) in [4.78, 5) is 11.8. The van der Waals surface area contributed by atoms with E-state index in [1.165, 1.54) is 14.0 Å². The molecule has 18 heavy (non-hydrogen) atoms. The SMILES string of the molecule is COc1ccccc1NC(=O)C(=N\O)/C(C)=N\O. The molecule has 0 heterocycles. The van der Waals surface area contributed by atoms with Crippen LogP contribution in [0.3, 0.4) is 0 Å². The molecule has 0 spiro atoms. The molecule has 1 aromatic carbocycles. The van der Waals surface area contributed by atoms with Crippen molar-refractivity contribution in [2.75, 3.05) is 12.4 Å². The highest BCUT2D eigenvalue weighted by Gasteiger charge is 2.17.